The third kappa shape index (κ3) is 2.40. The van der Waals surface area contributed by atoms with E-state index in [2.05, 4.69) is 57.9 Å². The molecule has 0 saturated carbocycles. The van der Waals surface area contributed by atoms with Crippen molar-refractivity contribution in [2.45, 2.75) is 20.4 Å². The van der Waals surface area contributed by atoms with Crippen molar-refractivity contribution in [3.05, 3.63) is 47.3 Å². The van der Waals surface area contributed by atoms with Gasteiger partial charge >= 0.3 is 0 Å². The van der Waals surface area contributed by atoms with Crippen molar-refractivity contribution in [3.8, 4) is 0 Å². The van der Waals surface area contributed by atoms with Crippen LogP contribution in [0.15, 0.2) is 30.6 Å². The van der Waals surface area contributed by atoms with Crippen LogP contribution in [0.3, 0.4) is 0 Å². The molecule has 2 heterocycles. The van der Waals surface area contributed by atoms with Crippen LogP contribution in [0.4, 0.5) is 11.8 Å². The minimum atomic E-state index is 0.696. The smallest absolute Gasteiger partial charge is 0.228 e. The van der Waals surface area contributed by atoms with E-state index in [1.807, 2.05) is 17.6 Å². The molecular weight excluding hydrogens is 264 g/mol. The molecule has 108 valence electrons. The Bertz CT molecular complexity index is 777. The lowest BCUT2D eigenvalue weighted by Gasteiger charge is -2.10. The predicted octanol–water partition coefficient (Wildman–Crippen LogP) is 2.39. The zero-order valence-electron chi connectivity index (χ0n) is 12.4. The first-order chi connectivity index (χ1) is 10.2. The summed E-state index contributed by atoms with van der Waals surface area (Å²) in [6.45, 7) is 4.97. The van der Waals surface area contributed by atoms with Gasteiger partial charge in [0.15, 0.2) is 5.82 Å². The van der Waals surface area contributed by atoms with Crippen LogP contribution in [0.25, 0.3) is 5.65 Å². The Hall–Kier alpha value is -2.63. The first-order valence-corrected chi connectivity index (χ1v) is 6.87. The summed E-state index contributed by atoms with van der Waals surface area (Å²) in [5, 5.41) is 14.6. The van der Waals surface area contributed by atoms with E-state index in [-0.39, 0.29) is 0 Å². The standard InChI is InChI=1S/C15H18N6/c1-10-5-4-6-12(11(10)2)9-18-13-14-19-20-15(16-3)21(14)8-7-17-13/h4-8H,9H2,1-3H3,(H,16,20)(H,17,18). The number of aromatic nitrogens is 4. The number of nitrogens with one attached hydrogen (secondary N) is 2. The van der Waals surface area contributed by atoms with E-state index in [1.165, 1.54) is 16.7 Å². The molecule has 2 N–H and O–H groups in total. The van der Waals surface area contributed by atoms with E-state index in [0.29, 0.717) is 18.1 Å². The average Bonchev–Trinajstić information content (AvgIpc) is 2.92. The summed E-state index contributed by atoms with van der Waals surface area (Å²) >= 11 is 0. The zero-order valence-corrected chi connectivity index (χ0v) is 12.4. The van der Waals surface area contributed by atoms with E-state index in [0.717, 1.165) is 5.82 Å². The van der Waals surface area contributed by atoms with Crippen LogP contribution in [0, 0.1) is 13.8 Å². The Morgan fingerprint density at radius 3 is 2.86 bits per heavy atom. The van der Waals surface area contributed by atoms with E-state index < -0.39 is 0 Å². The fourth-order valence-electron chi connectivity index (χ4n) is 2.30. The topological polar surface area (TPSA) is 67.1 Å². The van der Waals surface area contributed by atoms with Crippen LogP contribution in [0.5, 0.6) is 0 Å². The van der Waals surface area contributed by atoms with Crippen molar-refractivity contribution >= 4 is 17.4 Å². The van der Waals surface area contributed by atoms with Crippen LogP contribution in [-0.4, -0.2) is 26.6 Å². The van der Waals surface area contributed by atoms with Crippen molar-refractivity contribution in [2.24, 2.45) is 0 Å². The minimum Gasteiger partial charge on any atom is -0.363 e. The molecule has 6 heteroatoms. The van der Waals surface area contributed by atoms with Gasteiger partial charge in [0.25, 0.3) is 0 Å². The van der Waals surface area contributed by atoms with Gasteiger partial charge in [-0.05, 0) is 30.5 Å². The molecule has 1 aromatic carbocycles. The maximum Gasteiger partial charge on any atom is 0.228 e. The van der Waals surface area contributed by atoms with Crippen LogP contribution in [0.1, 0.15) is 16.7 Å². The first kappa shape index (κ1) is 13.4. The van der Waals surface area contributed by atoms with Crippen molar-refractivity contribution in [3.63, 3.8) is 0 Å². The third-order valence-corrected chi connectivity index (χ3v) is 3.71. The van der Waals surface area contributed by atoms with E-state index >= 15 is 0 Å². The second kappa shape index (κ2) is 5.40. The van der Waals surface area contributed by atoms with E-state index in [9.17, 15) is 0 Å². The summed E-state index contributed by atoms with van der Waals surface area (Å²) in [5.41, 5.74) is 4.56. The Morgan fingerprint density at radius 1 is 1.19 bits per heavy atom. The molecule has 0 bridgehead atoms. The Kier molecular flexibility index (Phi) is 3.43. The molecule has 0 aliphatic rings. The molecule has 2 aromatic heterocycles. The SMILES string of the molecule is CNc1nnc2c(NCc3cccc(C)c3C)nccn12. The molecule has 0 aliphatic carbocycles. The molecule has 0 fully saturated rings. The second-order valence-electron chi connectivity index (χ2n) is 4.96. The fourth-order valence-corrected chi connectivity index (χ4v) is 2.30. The van der Waals surface area contributed by atoms with Crippen molar-refractivity contribution < 1.29 is 0 Å². The molecular formula is C15H18N6. The highest BCUT2D eigenvalue weighted by Gasteiger charge is 2.09. The Morgan fingerprint density at radius 2 is 2.05 bits per heavy atom. The van der Waals surface area contributed by atoms with Crippen LogP contribution in [0.2, 0.25) is 0 Å². The van der Waals surface area contributed by atoms with Gasteiger partial charge in [-0.15, -0.1) is 10.2 Å². The number of hydrogen-bond donors (Lipinski definition) is 2. The van der Waals surface area contributed by atoms with Gasteiger partial charge < -0.3 is 10.6 Å². The lowest BCUT2D eigenvalue weighted by Crippen LogP contribution is -2.06. The number of hydrogen-bond acceptors (Lipinski definition) is 5. The summed E-state index contributed by atoms with van der Waals surface area (Å²) in [7, 11) is 1.82. The normalized spacial score (nSPS) is 10.8. The van der Waals surface area contributed by atoms with Gasteiger partial charge in [-0.2, -0.15) is 0 Å². The van der Waals surface area contributed by atoms with Crippen LogP contribution >= 0.6 is 0 Å². The van der Waals surface area contributed by atoms with Crippen LogP contribution < -0.4 is 10.6 Å². The molecule has 0 spiro atoms. The van der Waals surface area contributed by atoms with Gasteiger partial charge in [-0.25, -0.2) is 4.98 Å². The Balaban J connectivity index is 1.89. The van der Waals surface area contributed by atoms with Crippen molar-refractivity contribution in [1.29, 1.82) is 0 Å². The van der Waals surface area contributed by atoms with Gasteiger partial charge in [0.2, 0.25) is 11.6 Å². The lowest BCUT2D eigenvalue weighted by molar-refractivity contribution is 1.05. The molecule has 3 rings (SSSR count). The third-order valence-electron chi connectivity index (χ3n) is 3.71. The van der Waals surface area contributed by atoms with Gasteiger partial charge in [0.05, 0.1) is 0 Å². The number of nitrogens with zero attached hydrogens (tertiary/aromatic N) is 4. The Labute approximate surface area is 123 Å². The predicted molar refractivity (Wildman–Crippen MR) is 83.6 cm³/mol. The highest BCUT2D eigenvalue weighted by atomic mass is 15.3. The van der Waals surface area contributed by atoms with Crippen molar-refractivity contribution in [1.82, 2.24) is 19.6 Å². The van der Waals surface area contributed by atoms with Gasteiger partial charge in [-0.1, -0.05) is 18.2 Å². The van der Waals surface area contributed by atoms with E-state index in [4.69, 9.17) is 0 Å². The maximum atomic E-state index is 4.36. The summed E-state index contributed by atoms with van der Waals surface area (Å²) < 4.78 is 1.87. The van der Waals surface area contributed by atoms with Gasteiger partial charge in [0, 0.05) is 26.0 Å². The molecule has 6 nitrogen and oxygen atoms in total. The lowest BCUT2D eigenvalue weighted by atomic mass is 10.0. The van der Waals surface area contributed by atoms with Gasteiger partial charge in [-0.3, -0.25) is 4.40 Å². The molecule has 0 radical (unpaired) electrons. The van der Waals surface area contributed by atoms with E-state index in [1.54, 1.807) is 6.20 Å². The number of benzene rings is 1. The quantitative estimate of drug-likeness (QED) is 0.769. The van der Waals surface area contributed by atoms with Crippen molar-refractivity contribution in [2.75, 3.05) is 17.7 Å². The minimum absolute atomic E-state index is 0.696. The molecule has 0 atom stereocenters. The zero-order chi connectivity index (χ0) is 14.8. The number of fused-ring (bicyclic) bond motifs is 1. The molecule has 0 saturated heterocycles. The van der Waals surface area contributed by atoms with Gasteiger partial charge in [0.1, 0.15) is 0 Å². The molecule has 0 aliphatic heterocycles. The number of anilines is 2. The molecule has 3 aromatic rings. The summed E-state index contributed by atoms with van der Waals surface area (Å²) in [6.07, 6.45) is 3.58. The molecule has 21 heavy (non-hydrogen) atoms. The second-order valence-corrected chi connectivity index (χ2v) is 4.96. The largest absolute Gasteiger partial charge is 0.363 e. The molecule has 0 amide bonds. The monoisotopic (exact) mass is 282 g/mol. The summed E-state index contributed by atoms with van der Waals surface area (Å²) in [5.74, 6) is 1.43. The highest BCUT2D eigenvalue weighted by molar-refractivity contribution is 5.64. The summed E-state index contributed by atoms with van der Waals surface area (Å²) in [4.78, 5) is 4.36. The van der Waals surface area contributed by atoms with Crippen LogP contribution in [-0.2, 0) is 6.54 Å². The fraction of sp³-hybridized carbons (Fsp3) is 0.267. The summed E-state index contributed by atoms with van der Waals surface area (Å²) in [6, 6.07) is 6.32. The highest BCUT2D eigenvalue weighted by Crippen LogP contribution is 2.18. The number of aryl methyl sites for hydroxylation is 1. The number of rotatable bonds is 4. The first-order valence-electron chi connectivity index (χ1n) is 6.87. The average molecular weight is 282 g/mol. The maximum absolute atomic E-state index is 4.36. The molecule has 0 unspecified atom stereocenters.